The van der Waals surface area contributed by atoms with Crippen LogP contribution >= 0.6 is 23.4 Å². The molecule has 3 heterocycles. The minimum Gasteiger partial charge on any atom is -0.378 e. The van der Waals surface area contributed by atoms with Crippen molar-refractivity contribution >= 4 is 35.1 Å². The molecule has 0 saturated carbocycles. The van der Waals surface area contributed by atoms with Gasteiger partial charge in [0.25, 0.3) is 0 Å². The molecule has 6 nitrogen and oxygen atoms in total. The largest absolute Gasteiger partial charge is 0.378 e. The number of halogens is 1. The number of carbonyl (C=O) groups is 1. The summed E-state index contributed by atoms with van der Waals surface area (Å²) >= 11 is 7.51. The molecule has 1 aromatic rings. The zero-order valence-electron chi connectivity index (χ0n) is 13.9. The van der Waals surface area contributed by atoms with E-state index in [1.165, 1.54) is 24.6 Å². The highest BCUT2D eigenvalue weighted by molar-refractivity contribution is 7.99. The maximum Gasteiger partial charge on any atom is 0.233 e. The lowest BCUT2D eigenvalue weighted by Crippen LogP contribution is -2.41. The first-order valence-electron chi connectivity index (χ1n) is 8.39. The highest BCUT2D eigenvalue weighted by Crippen LogP contribution is 2.26. The van der Waals surface area contributed by atoms with Gasteiger partial charge in [0.1, 0.15) is 11.0 Å². The maximum atomic E-state index is 12.2. The van der Waals surface area contributed by atoms with Crippen LogP contribution in [0.3, 0.4) is 0 Å². The molecular formula is C16H23ClN4O2S. The van der Waals surface area contributed by atoms with Crippen molar-refractivity contribution < 1.29 is 9.53 Å². The summed E-state index contributed by atoms with van der Waals surface area (Å²) in [6.45, 7) is 6.81. The summed E-state index contributed by atoms with van der Waals surface area (Å²) < 4.78 is 5.27. The van der Waals surface area contributed by atoms with E-state index in [0.29, 0.717) is 42.4 Å². The number of amides is 1. The Bertz CT molecular complexity index is 575. The fraction of sp³-hybridized carbons (Fsp3) is 0.688. The van der Waals surface area contributed by atoms with E-state index in [1.807, 2.05) is 11.0 Å². The fourth-order valence-corrected chi connectivity index (χ4v) is 3.86. The second-order valence-electron chi connectivity index (χ2n) is 6.28. The van der Waals surface area contributed by atoms with Gasteiger partial charge in [0.05, 0.1) is 19.0 Å². The normalized spacial score (nSPS) is 19.6. The molecule has 2 fully saturated rings. The molecule has 0 aromatic carbocycles. The number of thioether (sulfide) groups is 1. The number of piperidine rings is 1. The third-order valence-corrected chi connectivity index (χ3v) is 5.48. The smallest absolute Gasteiger partial charge is 0.233 e. The highest BCUT2D eigenvalue weighted by atomic mass is 35.5. The van der Waals surface area contributed by atoms with Crippen LogP contribution in [0, 0.1) is 5.92 Å². The molecule has 8 heteroatoms. The van der Waals surface area contributed by atoms with E-state index in [9.17, 15) is 4.79 Å². The van der Waals surface area contributed by atoms with Crippen LogP contribution in [0.1, 0.15) is 19.8 Å². The van der Waals surface area contributed by atoms with Crippen LogP contribution in [0.2, 0.25) is 5.15 Å². The molecule has 132 valence electrons. The van der Waals surface area contributed by atoms with E-state index < -0.39 is 0 Å². The first kappa shape index (κ1) is 17.8. The number of aromatic nitrogens is 2. The summed E-state index contributed by atoms with van der Waals surface area (Å²) in [5.74, 6) is 2.05. The molecule has 0 atom stereocenters. The molecule has 2 aliphatic heterocycles. The Morgan fingerprint density at radius 1 is 1.29 bits per heavy atom. The number of anilines is 1. The van der Waals surface area contributed by atoms with E-state index in [2.05, 4.69) is 21.8 Å². The Kier molecular flexibility index (Phi) is 6.19. The zero-order valence-corrected chi connectivity index (χ0v) is 15.5. The Balaban J connectivity index is 1.60. The molecule has 0 spiro atoms. The average Bonchev–Trinajstić information content (AvgIpc) is 2.60. The monoisotopic (exact) mass is 370 g/mol. The molecule has 24 heavy (non-hydrogen) atoms. The summed E-state index contributed by atoms with van der Waals surface area (Å²) in [7, 11) is 0. The molecule has 2 aliphatic rings. The van der Waals surface area contributed by atoms with Gasteiger partial charge in [-0.1, -0.05) is 30.3 Å². The molecule has 0 radical (unpaired) electrons. The van der Waals surface area contributed by atoms with E-state index in [4.69, 9.17) is 16.3 Å². The van der Waals surface area contributed by atoms with Gasteiger partial charge in [0.2, 0.25) is 5.91 Å². The van der Waals surface area contributed by atoms with Crippen molar-refractivity contribution in [3.8, 4) is 0 Å². The first-order chi connectivity index (χ1) is 11.6. The van der Waals surface area contributed by atoms with Gasteiger partial charge in [0.15, 0.2) is 5.16 Å². The van der Waals surface area contributed by atoms with Gasteiger partial charge in [-0.25, -0.2) is 9.97 Å². The summed E-state index contributed by atoms with van der Waals surface area (Å²) in [5, 5.41) is 0.998. The van der Waals surface area contributed by atoms with Gasteiger partial charge in [-0.05, 0) is 18.8 Å². The fourth-order valence-electron chi connectivity index (χ4n) is 2.88. The van der Waals surface area contributed by atoms with Crippen LogP contribution in [-0.4, -0.2) is 65.9 Å². The Labute approximate surface area is 151 Å². The second kappa shape index (κ2) is 8.36. The molecule has 0 unspecified atom stereocenters. The summed E-state index contributed by atoms with van der Waals surface area (Å²) in [5.41, 5.74) is 0. The number of hydrogen-bond acceptors (Lipinski definition) is 6. The molecule has 1 aromatic heterocycles. The van der Waals surface area contributed by atoms with Crippen molar-refractivity contribution in [2.45, 2.75) is 24.9 Å². The lowest BCUT2D eigenvalue weighted by atomic mass is 9.99. The molecule has 2 saturated heterocycles. The van der Waals surface area contributed by atoms with Gasteiger partial charge in [-0.15, -0.1) is 0 Å². The van der Waals surface area contributed by atoms with Gasteiger partial charge in [-0.3, -0.25) is 4.79 Å². The summed E-state index contributed by atoms with van der Waals surface area (Å²) in [4.78, 5) is 25.2. The first-order valence-corrected chi connectivity index (χ1v) is 9.76. The number of carbonyl (C=O) groups excluding carboxylic acids is 1. The van der Waals surface area contributed by atoms with Crippen molar-refractivity contribution in [1.29, 1.82) is 0 Å². The number of morpholine rings is 1. The highest BCUT2D eigenvalue weighted by Gasteiger charge is 2.20. The summed E-state index contributed by atoms with van der Waals surface area (Å²) in [6, 6.07) is 1.81. The quantitative estimate of drug-likeness (QED) is 0.460. The average molecular weight is 371 g/mol. The SMILES string of the molecule is CC1CCN(c2cc(Cl)nc(SCC(=O)N3CCOCC3)n2)CC1. The van der Waals surface area contributed by atoms with Crippen molar-refractivity contribution in [2.75, 3.05) is 50.0 Å². The Morgan fingerprint density at radius 2 is 2.00 bits per heavy atom. The third kappa shape index (κ3) is 4.74. The Morgan fingerprint density at radius 3 is 2.71 bits per heavy atom. The van der Waals surface area contributed by atoms with Crippen LogP contribution in [-0.2, 0) is 9.53 Å². The molecule has 3 rings (SSSR count). The van der Waals surface area contributed by atoms with Crippen molar-refractivity contribution in [2.24, 2.45) is 5.92 Å². The zero-order chi connectivity index (χ0) is 16.9. The van der Waals surface area contributed by atoms with Gasteiger partial charge in [0, 0.05) is 32.2 Å². The molecule has 1 amide bonds. The topological polar surface area (TPSA) is 58.6 Å². The number of nitrogens with zero attached hydrogens (tertiary/aromatic N) is 4. The van der Waals surface area contributed by atoms with Crippen molar-refractivity contribution in [3.63, 3.8) is 0 Å². The minimum atomic E-state index is 0.0974. The minimum absolute atomic E-state index is 0.0974. The predicted molar refractivity (Wildman–Crippen MR) is 95.8 cm³/mol. The van der Waals surface area contributed by atoms with E-state index >= 15 is 0 Å². The predicted octanol–water partition coefficient (Wildman–Crippen LogP) is 2.32. The maximum absolute atomic E-state index is 12.2. The van der Waals surface area contributed by atoms with Gasteiger partial charge in [-0.2, -0.15) is 0 Å². The van der Waals surface area contributed by atoms with Crippen LogP contribution in [0.4, 0.5) is 5.82 Å². The van der Waals surface area contributed by atoms with Crippen molar-refractivity contribution in [1.82, 2.24) is 14.9 Å². The van der Waals surface area contributed by atoms with Gasteiger partial charge >= 0.3 is 0 Å². The van der Waals surface area contributed by atoms with E-state index in [0.717, 1.165) is 24.8 Å². The molecule has 0 bridgehead atoms. The summed E-state index contributed by atoms with van der Waals surface area (Å²) in [6.07, 6.45) is 2.33. The van der Waals surface area contributed by atoms with Crippen LogP contribution in [0.5, 0.6) is 0 Å². The third-order valence-electron chi connectivity index (χ3n) is 4.46. The van der Waals surface area contributed by atoms with Crippen LogP contribution in [0.15, 0.2) is 11.2 Å². The molecule has 0 aliphatic carbocycles. The lowest BCUT2D eigenvalue weighted by molar-refractivity contribution is -0.132. The van der Waals surface area contributed by atoms with Crippen molar-refractivity contribution in [3.05, 3.63) is 11.2 Å². The lowest BCUT2D eigenvalue weighted by Gasteiger charge is -2.31. The second-order valence-corrected chi connectivity index (χ2v) is 7.61. The Hall–Kier alpha value is -1.05. The molecular weight excluding hydrogens is 348 g/mol. The number of ether oxygens (including phenoxy) is 1. The molecule has 0 N–H and O–H groups in total. The van der Waals surface area contributed by atoms with Crippen LogP contribution in [0.25, 0.3) is 0 Å². The standard InChI is InChI=1S/C16H23ClN4O2S/c1-12-2-4-20(5-3-12)14-10-13(17)18-16(19-14)24-11-15(22)21-6-8-23-9-7-21/h10,12H,2-9,11H2,1H3. The van der Waals surface area contributed by atoms with Gasteiger partial charge < -0.3 is 14.5 Å². The van der Waals surface area contributed by atoms with Crippen LogP contribution < -0.4 is 4.90 Å². The number of hydrogen-bond donors (Lipinski definition) is 0. The van der Waals surface area contributed by atoms with E-state index in [-0.39, 0.29) is 5.91 Å². The number of rotatable bonds is 4. The van der Waals surface area contributed by atoms with E-state index in [1.54, 1.807) is 0 Å².